The van der Waals surface area contributed by atoms with Gasteiger partial charge in [-0.15, -0.1) is 0 Å². The Morgan fingerprint density at radius 1 is 1.00 bits per heavy atom. The molecule has 1 heterocycles. The Hall–Kier alpha value is -1.67. The molecule has 88 valence electrons. The van der Waals surface area contributed by atoms with Crippen LogP contribution in [0.1, 0.15) is 23.7 Å². The zero-order valence-electron chi connectivity index (χ0n) is 10.2. The van der Waals surface area contributed by atoms with Crippen LogP contribution in [0.2, 0.25) is 0 Å². The van der Waals surface area contributed by atoms with E-state index in [4.69, 9.17) is 0 Å². The van der Waals surface area contributed by atoms with Crippen LogP contribution in [0.15, 0.2) is 48.7 Å². The van der Waals surface area contributed by atoms with Crippen LogP contribution < -0.4 is 5.32 Å². The lowest BCUT2D eigenvalue weighted by molar-refractivity contribution is 0.673. The number of nitrogens with zero attached hydrogens (tertiary/aromatic N) is 1. The van der Waals surface area contributed by atoms with Gasteiger partial charge in [-0.3, -0.25) is 4.98 Å². The fourth-order valence-corrected chi connectivity index (χ4v) is 1.87. The van der Waals surface area contributed by atoms with Crippen LogP contribution in [0.3, 0.4) is 0 Å². The van der Waals surface area contributed by atoms with Crippen molar-refractivity contribution in [2.45, 2.75) is 26.4 Å². The summed E-state index contributed by atoms with van der Waals surface area (Å²) in [5.74, 6) is 0. The molecule has 17 heavy (non-hydrogen) atoms. The summed E-state index contributed by atoms with van der Waals surface area (Å²) in [4.78, 5) is 4.42. The van der Waals surface area contributed by atoms with Gasteiger partial charge in [0.2, 0.25) is 0 Å². The normalized spacial score (nSPS) is 10.4. The number of aryl methyl sites for hydroxylation is 1. The predicted octanol–water partition coefficient (Wildman–Crippen LogP) is 2.93. The first-order valence-electron chi connectivity index (χ1n) is 6.07. The number of nitrogens with one attached hydrogen (secondary N) is 1. The fraction of sp³-hybridized carbons (Fsp3) is 0.267. The highest BCUT2D eigenvalue weighted by molar-refractivity contribution is 5.20. The minimum Gasteiger partial charge on any atom is -0.307 e. The van der Waals surface area contributed by atoms with Crippen LogP contribution in [-0.4, -0.2) is 4.98 Å². The van der Waals surface area contributed by atoms with Crippen LogP contribution in [0, 0.1) is 0 Å². The topological polar surface area (TPSA) is 24.9 Å². The van der Waals surface area contributed by atoms with Crippen LogP contribution in [0.4, 0.5) is 0 Å². The van der Waals surface area contributed by atoms with Crippen LogP contribution in [0.5, 0.6) is 0 Å². The van der Waals surface area contributed by atoms with Crippen molar-refractivity contribution in [3.05, 3.63) is 65.5 Å². The van der Waals surface area contributed by atoms with Gasteiger partial charge in [-0.1, -0.05) is 43.3 Å². The highest BCUT2D eigenvalue weighted by Crippen LogP contribution is 2.06. The molecule has 0 saturated carbocycles. The van der Waals surface area contributed by atoms with Gasteiger partial charge in [0, 0.05) is 19.3 Å². The van der Waals surface area contributed by atoms with E-state index in [1.165, 1.54) is 11.1 Å². The lowest BCUT2D eigenvalue weighted by atomic mass is 10.1. The summed E-state index contributed by atoms with van der Waals surface area (Å²) in [6.07, 6.45) is 2.90. The summed E-state index contributed by atoms with van der Waals surface area (Å²) in [7, 11) is 0. The molecule has 0 radical (unpaired) electrons. The quantitative estimate of drug-likeness (QED) is 0.848. The number of rotatable bonds is 5. The Labute approximate surface area is 103 Å². The average molecular weight is 226 g/mol. The van der Waals surface area contributed by atoms with Gasteiger partial charge in [-0.05, 0) is 23.6 Å². The molecule has 1 N–H and O–H groups in total. The molecule has 2 nitrogen and oxygen atoms in total. The number of hydrogen-bond acceptors (Lipinski definition) is 2. The van der Waals surface area contributed by atoms with Crippen molar-refractivity contribution in [3.8, 4) is 0 Å². The number of pyridine rings is 1. The van der Waals surface area contributed by atoms with Gasteiger partial charge >= 0.3 is 0 Å². The van der Waals surface area contributed by atoms with Crippen molar-refractivity contribution >= 4 is 0 Å². The van der Waals surface area contributed by atoms with Gasteiger partial charge in [0.05, 0.1) is 5.69 Å². The molecule has 0 aliphatic carbocycles. The molecule has 0 aliphatic rings. The van der Waals surface area contributed by atoms with Gasteiger partial charge in [-0.2, -0.15) is 0 Å². The Kier molecular flexibility index (Phi) is 4.28. The van der Waals surface area contributed by atoms with Crippen molar-refractivity contribution in [3.63, 3.8) is 0 Å². The van der Waals surface area contributed by atoms with E-state index in [0.717, 1.165) is 25.2 Å². The lowest BCUT2D eigenvalue weighted by Crippen LogP contribution is -2.15. The Morgan fingerprint density at radius 3 is 2.59 bits per heavy atom. The first kappa shape index (κ1) is 11.8. The van der Waals surface area contributed by atoms with Gasteiger partial charge in [0.1, 0.15) is 0 Å². The molecule has 1 aromatic heterocycles. The van der Waals surface area contributed by atoms with Gasteiger partial charge in [0.15, 0.2) is 0 Å². The van der Waals surface area contributed by atoms with E-state index in [-0.39, 0.29) is 0 Å². The van der Waals surface area contributed by atoms with Crippen molar-refractivity contribution < 1.29 is 0 Å². The Morgan fingerprint density at radius 2 is 1.82 bits per heavy atom. The molecule has 0 fully saturated rings. The molecule has 2 heteroatoms. The van der Waals surface area contributed by atoms with Gasteiger partial charge in [-0.25, -0.2) is 0 Å². The summed E-state index contributed by atoms with van der Waals surface area (Å²) < 4.78 is 0. The van der Waals surface area contributed by atoms with E-state index >= 15 is 0 Å². The van der Waals surface area contributed by atoms with Crippen LogP contribution >= 0.6 is 0 Å². The Bertz CT molecular complexity index is 451. The standard InChI is InChI=1S/C15H18N2/c1-2-14-9-6-10-17-15(14)12-16-11-13-7-4-3-5-8-13/h3-10,16H,2,11-12H2,1H3. The second-order valence-corrected chi connectivity index (χ2v) is 4.05. The molecule has 1 aromatic carbocycles. The largest absolute Gasteiger partial charge is 0.307 e. The molecular weight excluding hydrogens is 208 g/mol. The van der Waals surface area contributed by atoms with Crippen molar-refractivity contribution in [2.75, 3.05) is 0 Å². The minimum absolute atomic E-state index is 0.832. The smallest absolute Gasteiger partial charge is 0.0573 e. The van der Waals surface area contributed by atoms with Crippen molar-refractivity contribution in [1.82, 2.24) is 10.3 Å². The maximum Gasteiger partial charge on any atom is 0.0573 e. The molecule has 0 bridgehead atoms. The third-order valence-electron chi connectivity index (χ3n) is 2.83. The van der Waals surface area contributed by atoms with E-state index in [0.29, 0.717) is 0 Å². The van der Waals surface area contributed by atoms with Gasteiger partial charge < -0.3 is 5.32 Å². The molecular formula is C15H18N2. The molecule has 0 spiro atoms. The second kappa shape index (κ2) is 6.16. The van der Waals surface area contributed by atoms with E-state index in [2.05, 4.69) is 47.6 Å². The summed E-state index contributed by atoms with van der Waals surface area (Å²) in [6, 6.07) is 14.6. The predicted molar refractivity (Wildman–Crippen MR) is 70.6 cm³/mol. The maximum atomic E-state index is 4.42. The Balaban J connectivity index is 1.90. The van der Waals surface area contributed by atoms with Crippen molar-refractivity contribution in [1.29, 1.82) is 0 Å². The second-order valence-electron chi connectivity index (χ2n) is 4.05. The van der Waals surface area contributed by atoms with Gasteiger partial charge in [0.25, 0.3) is 0 Å². The van der Waals surface area contributed by atoms with Crippen molar-refractivity contribution in [2.24, 2.45) is 0 Å². The zero-order valence-corrected chi connectivity index (χ0v) is 10.2. The van der Waals surface area contributed by atoms with E-state index in [9.17, 15) is 0 Å². The molecule has 2 aromatic rings. The number of benzene rings is 1. The maximum absolute atomic E-state index is 4.42. The van der Waals surface area contributed by atoms with E-state index < -0.39 is 0 Å². The van der Waals surface area contributed by atoms with E-state index in [1.807, 2.05) is 18.3 Å². The number of aromatic nitrogens is 1. The highest BCUT2D eigenvalue weighted by Gasteiger charge is 2.00. The molecule has 0 unspecified atom stereocenters. The average Bonchev–Trinajstić information content (AvgIpc) is 2.40. The molecule has 0 amide bonds. The first-order valence-corrected chi connectivity index (χ1v) is 6.07. The fourth-order valence-electron chi connectivity index (χ4n) is 1.87. The van der Waals surface area contributed by atoms with E-state index in [1.54, 1.807) is 0 Å². The van der Waals surface area contributed by atoms with Crippen LogP contribution in [-0.2, 0) is 19.5 Å². The molecule has 0 saturated heterocycles. The number of hydrogen-bond donors (Lipinski definition) is 1. The molecule has 2 rings (SSSR count). The third kappa shape index (κ3) is 3.40. The monoisotopic (exact) mass is 226 g/mol. The van der Waals surface area contributed by atoms with Crippen LogP contribution in [0.25, 0.3) is 0 Å². The summed E-state index contributed by atoms with van der Waals surface area (Å²) in [6.45, 7) is 3.89. The minimum atomic E-state index is 0.832. The lowest BCUT2D eigenvalue weighted by Gasteiger charge is -2.08. The zero-order chi connectivity index (χ0) is 11.9. The third-order valence-corrected chi connectivity index (χ3v) is 2.83. The SMILES string of the molecule is CCc1cccnc1CNCc1ccccc1. The first-order chi connectivity index (χ1) is 8.40. The summed E-state index contributed by atoms with van der Waals surface area (Å²) in [5, 5.41) is 3.43. The molecule has 0 atom stereocenters. The highest BCUT2D eigenvalue weighted by atomic mass is 14.9. The summed E-state index contributed by atoms with van der Waals surface area (Å²) >= 11 is 0. The summed E-state index contributed by atoms with van der Waals surface area (Å²) in [5.41, 5.74) is 3.79. The molecule has 0 aliphatic heterocycles.